The first-order valence-electron chi connectivity index (χ1n) is 8.87. The molecule has 2 atom stereocenters. The molecule has 4 aliphatic rings. The van der Waals surface area contributed by atoms with Crippen LogP contribution in [0.3, 0.4) is 0 Å². The average molecular weight is 292 g/mol. The lowest BCUT2D eigenvalue weighted by atomic mass is 9.93. The summed E-state index contributed by atoms with van der Waals surface area (Å²) in [7, 11) is 2.34. The van der Waals surface area contributed by atoms with E-state index in [9.17, 15) is 0 Å². The summed E-state index contributed by atoms with van der Waals surface area (Å²) >= 11 is 0. The second kappa shape index (κ2) is 4.92. The topological polar surface area (TPSA) is 13.0 Å². The summed E-state index contributed by atoms with van der Waals surface area (Å²) in [4.78, 5) is 10.8. The maximum Gasteiger partial charge on any atom is 0.0352 e. The number of likely N-dealkylation sites (N-methyl/N-ethyl adjacent to an activating group) is 1. The lowest BCUT2D eigenvalue weighted by molar-refractivity contribution is -0.0868. The Morgan fingerprint density at radius 3 is 1.57 bits per heavy atom. The van der Waals surface area contributed by atoms with Crippen molar-refractivity contribution in [3.8, 4) is 0 Å². The number of fused-ring (bicyclic) bond motifs is 2. The number of likely N-dealkylation sites (tertiary alicyclic amines) is 3. The molecule has 4 nitrogen and oxygen atoms in total. The van der Waals surface area contributed by atoms with Gasteiger partial charge < -0.3 is 0 Å². The van der Waals surface area contributed by atoms with E-state index in [1.54, 1.807) is 0 Å². The molecular weight excluding hydrogens is 260 g/mol. The quantitative estimate of drug-likeness (QED) is 0.751. The second-order valence-electron chi connectivity index (χ2n) is 8.84. The van der Waals surface area contributed by atoms with Crippen LogP contribution in [0.5, 0.6) is 0 Å². The molecular formula is C17H32N4. The predicted octanol–water partition coefficient (Wildman–Crippen LogP) is 0.932. The highest BCUT2D eigenvalue weighted by Crippen LogP contribution is 2.33. The molecule has 4 rings (SSSR count). The van der Waals surface area contributed by atoms with Crippen molar-refractivity contribution >= 4 is 0 Å². The molecule has 0 saturated carbocycles. The van der Waals surface area contributed by atoms with E-state index in [1.165, 1.54) is 52.1 Å². The van der Waals surface area contributed by atoms with Gasteiger partial charge in [0.05, 0.1) is 0 Å². The van der Waals surface area contributed by atoms with Crippen molar-refractivity contribution in [3.63, 3.8) is 0 Å². The van der Waals surface area contributed by atoms with Crippen molar-refractivity contribution in [2.24, 2.45) is 0 Å². The van der Waals surface area contributed by atoms with E-state index < -0.39 is 0 Å². The van der Waals surface area contributed by atoms with Crippen LogP contribution < -0.4 is 0 Å². The SMILES string of the molecule is CN1C2CCC1CN(C1CN(C3CN(C(C)(C)C)C3)C1)C2. The lowest BCUT2D eigenvalue weighted by Crippen LogP contribution is -2.73. The minimum Gasteiger partial charge on any atom is -0.298 e. The molecule has 0 N–H and O–H groups in total. The molecule has 0 aromatic heterocycles. The molecule has 4 fully saturated rings. The summed E-state index contributed by atoms with van der Waals surface area (Å²) in [5, 5.41) is 0. The van der Waals surface area contributed by atoms with Gasteiger partial charge in [0, 0.05) is 69.0 Å². The molecule has 21 heavy (non-hydrogen) atoms. The summed E-state index contributed by atoms with van der Waals surface area (Å²) < 4.78 is 0. The van der Waals surface area contributed by atoms with Crippen LogP contribution in [0.4, 0.5) is 0 Å². The highest BCUT2D eigenvalue weighted by molar-refractivity contribution is 5.03. The van der Waals surface area contributed by atoms with Gasteiger partial charge in [-0.3, -0.25) is 19.6 Å². The number of hydrogen-bond acceptors (Lipinski definition) is 4. The highest BCUT2D eigenvalue weighted by atomic mass is 15.4. The van der Waals surface area contributed by atoms with Crippen LogP contribution in [-0.4, -0.2) is 95.6 Å². The fourth-order valence-electron chi connectivity index (χ4n) is 4.70. The van der Waals surface area contributed by atoms with Gasteiger partial charge in [0.25, 0.3) is 0 Å². The molecule has 2 bridgehead atoms. The summed E-state index contributed by atoms with van der Waals surface area (Å²) in [6.07, 6.45) is 2.86. The van der Waals surface area contributed by atoms with Crippen LogP contribution in [0.2, 0.25) is 0 Å². The third-order valence-corrected chi connectivity index (χ3v) is 6.61. The summed E-state index contributed by atoms with van der Waals surface area (Å²) in [5.41, 5.74) is 0.359. The normalized spacial score (nSPS) is 37.7. The van der Waals surface area contributed by atoms with E-state index in [2.05, 4.69) is 47.4 Å². The Hall–Kier alpha value is -0.160. The Morgan fingerprint density at radius 2 is 1.10 bits per heavy atom. The molecule has 0 aromatic carbocycles. The third kappa shape index (κ3) is 2.44. The van der Waals surface area contributed by atoms with Crippen LogP contribution in [0.15, 0.2) is 0 Å². The molecule has 0 aliphatic carbocycles. The zero-order chi connectivity index (χ0) is 14.8. The average Bonchev–Trinajstić information content (AvgIpc) is 2.53. The maximum atomic E-state index is 2.80. The Bertz CT molecular complexity index is 378. The van der Waals surface area contributed by atoms with E-state index in [1.807, 2.05) is 0 Å². The molecule has 4 saturated heterocycles. The number of rotatable bonds is 2. The molecule has 0 amide bonds. The van der Waals surface area contributed by atoms with Crippen LogP contribution in [0, 0.1) is 0 Å². The summed E-state index contributed by atoms with van der Waals surface area (Å²) in [6, 6.07) is 3.38. The number of nitrogens with zero attached hydrogens (tertiary/aromatic N) is 4. The van der Waals surface area contributed by atoms with Gasteiger partial charge in [0.1, 0.15) is 0 Å². The first-order valence-corrected chi connectivity index (χ1v) is 8.87. The van der Waals surface area contributed by atoms with Gasteiger partial charge in [0.15, 0.2) is 0 Å². The third-order valence-electron chi connectivity index (χ3n) is 6.61. The van der Waals surface area contributed by atoms with Gasteiger partial charge in [-0.15, -0.1) is 0 Å². The van der Waals surface area contributed by atoms with Gasteiger partial charge in [-0.2, -0.15) is 0 Å². The molecule has 0 spiro atoms. The Labute approximate surface area is 130 Å². The van der Waals surface area contributed by atoms with Crippen LogP contribution in [0.1, 0.15) is 33.6 Å². The molecule has 4 heterocycles. The van der Waals surface area contributed by atoms with Crippen molar-refractivity contribution in [1.29, 1.82) is 0 Å². The van der Waals surface area contributed by atoms with Crippen LogP contribution >= 0.6 is 0 Å². The van der Waals surface area contributed by atoms with Gasteiger partial charge in [-0.1, -0.05) is 0 Å². The second-order valence-corrected chi connectivity index (χ2v) is 8.84. The molecule has 120 valence electrons. The van der Waals surface area contributed by atoms with Crippen molar-refractivity contribution in [1.82, 2.24) is 19.6 Å². The number of hydrogen-bond donors (Lipinski definition) is 0. The predicted molar refractivity (Wildman–Crippen MR) is 86.6 cm³/mol. The smallest absolute Gasteiger partial charge is 0.0352 e. The van der Waals surface area contributed by atoms with E-state index in [4.69, 9.17) is 0 Å². The van der Waals surface area contributed by atoms with Gasteiger partial charge in [-0.05, 0) is 40.7 Å². The van der Waals surface area contributed by atoms with Crippen molar-refractivity contribution < 1.29 is 0 Å². The van der Waals surface area contributed by atoms with Gasteiger partial charge in [-0.25, -0.2) is 0 Å². The monoisotopic (exact) mass is 292 g/mol. The fourth-order valence-corrected chi connectivity index (χ4v) is 4.70. The van der Waals surface area contributed by atoms with Crippen molar-refractivity contribution in [2.45, 2.75) is 63.3 Å². The summed E-state index contributed by atoms with van der Waals surface area (Å²) in [5.74, 6) is 0. The lowest BCUT2D eigenvalue weighted by Gasteiger charge is -2.58. The zero-order valence-corrected chi connectivity index (χ0v) is 14.3. The Kier molecular flexibility index (Phi) is 3.38. The van der Waals surface area contributed by atoms with E-state index in [-0.39, 0.29) is 0 Å². The molecule has 0 radical (unpaired) electrons. The van der Waals surface area contributed by atoms with Crippen LogP contribution in [0.25, 0.3) is 0 Å². The first kappa shape index (κ1) is 14.4. The fraction of sp³-hybridized carbons (Fsp3) is 1.00. The largest absolute Gasteiger partial charge is 0.298 e. The van der Waals surface area contributed by atoms with Crippen molar-refractivity contribution in [3.05, 3.63) is 0 Å². The highest BCUT2D eigenvalue weighted by Gasteiger charge is 2.46. The minimum atomic E-state index is 0.359. The van der Waals surface area contributed by atoms with Gasteiger partial charge in [0.2, 0.25) is 0 Å². The minimum absolute atomic E-state index is 0.359. The summed E-state index contributed by atoms with van der Waals surface area (Å²) in [6.45, 7) is 14.9. The zero-order valence-electron chi connectivity index (χ0n) is 14.3. The van der Waals surface area contributed by atoms with Crippen molar-refractivity contribution in [2.75, 3.05) is 46.3 Å². The molecule has 4 aliphatic heterocycles. The van der Waals surface area contributed by atoms with Crippen LogP contribution in [-0.2, 0) is 0 Å². The van der Waals surface area contributed by atoms with Gasteiger partial charge >= 0.3 is 0 Å². The Morgan fingerprint density at radius 1 is 0.667 bits per heavy atom. The number of piperazine rings is 1. The molecule has 0 aromatic rings. The van der Waals surface area contributed by atoms with E-state index >= 15 is 0 Å². The molecule has 4 heteroatoms. The molecule has 2 unspecified atom stereocenters. The standard InChI is InChI=1S/C17H32N4/c1-17(2,3)21-11-16(12-21)20-9-15(10-20)19-7-13-5-6-14(8-19)18(13)4/h13-16H,5-12H2,1-4H3. The van der Waals surface area contributed by atoms with E-state index in [0.29, 0.717) is 5.54 Å². The van der Waals surface area contributed by atoms with E-state index in [0.717, 1.165) is 24.2 Å². The maximum absolute atomic E-state index is 2.80. The Balaban J connectivity index is 1.24. The first-order chi connectivity index (χ1) is 9.91.